The Balaban J connectivity index is 0.971. The summed E-state index contributed by atoms with van der Waals surface area (Å²) in [6, 6.07) is 67.3. The Bertz CT molecular complexity index is 4940. The van der Waals surface area contributed by atoms with E-state index in [1.165, 1.54) is 0 Å². The van der Waals surface area contributed by atoms with Crippen molar-refractivity contribution < 1.29 is 138 Å². The summed E-state index contributed by atoms with van der Waals surface area (Å²) < 4.78 is 158. The van der Waals surface area contributed by atoms with Crippen molar-refractivity contribution in [2.24, 2.45) is 29.6 Å². The van der Waals surface area contributed by atoms with Gasteiger partial charge >= 0.3 is 29.8 Å². The van der Waals surface area contributed by atoms with E-state index in [0.29, 0.717) is 63.4 Å². The van der Waals surface area contributed by atoms with Crippen LogP contribution >= 0.6 is 0 Å². The molecular formula is C115H150O29. The molecule has 144 heavy (non-hydrogen) atoms. The molecule has 0 amide bonds. The lowest BCUT2D eigenvalue weighted by Crippen LogP contribution is -2.70. The fourth-order valence-electron chi connectivity index (χ4n) is 18.9. The molecule has 0 aliphatic carbocycles. The molecule has 7 aromatic carbocycles. The number of unbranched alkanes of at least 4 members (excludes halogenated alkanes) is 2. The summed E-state index contributed by atoms with van der Waals surface area (Å²) in [5.74, 6) is -6.89. The molecule has 29 nitrogen and oxygen atoms in total. The first-order valence-corrected chi connectivity index (χ1v) is 52.2. The van der Waals surface area contributed by atoms with Crippen molar-refractivity contribution >= 4 is 29.8 Å². The number of hydrogen-bond donors (Lipinski definition) is 2. The van der Waals surface area contributed by atoms with Gasteiger partial charge in [0.15, 0.2) is 62.0 Å². The highest BCUT2D eigenvalue weighted by molar-refractivity contribution is 5.74. The highest BCUT2D eigenvalue weighted by atomic mass is 16.8. The Labute approximate surface area is 848 Å². The Morgan fingerprint density at radius 2 is 0.799 bits per heavy atom. The predicted octanol–water partition coefficient (Wildman–Crippen LogP) is 17.7. The molecule has 6 saturated heterocycles. The van der Waals surface area contributed by atoms with Gasteiger partial charge < -0.3 is 114 Å². The number of rotatable bonds is 39. The summed E-state index contributed by atoms with van der Waals surface area (Å²) in [4.78, 5) is 74.6. The third-order valence-corrected chi connectivity index (χ3v) is 28.3. The molecule has 0 saturated carbocycles. The fraction of sp³-hybridized carbons (Fsp3) is 0.574. The van der Waals surface area contributed by atoms with Gasteiger partial charge in [-0.1, -0.05) is 306 Å². The standard InChI is InChI=1S/C115H150O29/c1-11-16-29-58-84-59-42-20-18-17-19-21-45-62-90(116)136-105-102(128-68-83-56-40-27-41-57-83)96(126-66-81-52-36-25-37-53-81)87(70-124-64-79-48-32-23-33-49-79)134-113(105)130-72-88-97(138-108(120)74(7)13-3)99(139-109(121)75(8)14-4)92(118)112(133-88)142-104-98-89(71-129-111(141-98)85-60-43-28-44-61-85)135-115(106(104)144-114-100(140-110(122)76(9)15-5)91(117)93(77(10)131-114)137-107(119)73(6)12-2)143-103-94(84)132-86(69-123-63-78-46-30-22-31-47-78)95(125-65-80-50-34-24-35-51-80)101(103)127-67-82-54-38-26-39-55-82/h17-18,22-28,30-41,43-44,46-57,60-61,73-77,84,86-89,91-106,111-115,117-118H,11-16,19-21,29,42,45,58-59,62-72H2,1-10H3. The third kappa shape index (κ3) is 30.8. The Morgan fingerprint density at radius 1 is 0.375 bits per heavy atom. The van der Waals surface area contributed by atoms with Gasteiger partial charge in [0.05, 0.1) is 102 Å². The van der Waals surface area contributed by atoms with Crippen molar-refractivity contribution in [3.05, 3.63) is 263 Å². The van der Waals surface area contributed by atoms with Crippen LogP contribution in [0.3, 0.4) is 0 Å². The van der Waals surface area contributed by atoms with Gasteiger partial charge in [-0.15, -0.1) is 0 Å². The Morgan fingerprint density at radius 3 is 1.30 bits per heavy atom. The maximum atomic E-state index is 15.3. The lowest BCUT2D eigenvalue weighted by molar-refractivity contribution is -0.425. The number of carbonyl (C=O) groups is 5. The molecule has 2 N–H and O–H groups in total. The van der Waals surface area contributed by atoms with Crippen LogP contribution in [0.2, 0.25) is 0 Å². The van der Waals surface area contributed by atoms with Crippen LogP contribution in [0.5, 0.6) is 0 Å². The SMILES string of the molecule is CCCCCC1CCCC=CCCCCC(=O)OC2C(OCC3OC(OC4C5OC(c6ccccc6)OCC5OC(OC5C1OC(COCc1ccccc1)C(OCc1ccccc1)C5OCc1ccccc1)C4OC1OC(C)C(OC(=O)C(C)CC)C(O)C1OC(=O)C(C)CC)C(O)C(OC(=O)C(C)CC)C3OC(=O)C(C)CC)OC(COCc1ccccc1)C(OCc1ccccc1)C2OCc1ccccc1. The highest BCUT2D eigenvalue weighted by Crippen LogP contribution is 2.46. The monoisotopic (exact) mass is 2000 g/mol. The van der Waals surface area contributed by atoms with Crippen LogP contribution in [0, 0.1) is 29.6 Å². The van der Waals surface area contributed by atoms with Gasteiger partial charge in [-0.25, -0.2) is 0 Å². The summed E-state index contributed by atoms with van der Waals surface area (Å²) in [6.07, 6.45) is -26.3. The summed E-state index contributed by atoms with van der Waals surface area (Å²) in [7, 11) is 0. The maximum Gasteiger partial charge on any atom is 0.309 e. The second kappa shape index (κ2) is 56.9. The number of allylic oxidation sites excluding steroid dienone is 2. The van der Waals surface area contributed by atoms with E-state index < -0.39 is 220 Å². The van der Waals surface area contributed by atoms with Crippen LogP contribution in [0.15, 0.2) is 224 Å². The molecular weight excluding hydrogens is 1850 g/mol. The molecule has 4 bridgehead atoms. The first-order chi connectivity index (χ1) is 70.2. The van der Waals surface area contributed by atoms with E-state index >= 15 is 14.4 Å². The molecule has 31 unspecified atom stereocenters. The summed E-state index contributed by atoms with van der Waals surface area (Å²) in [6.45, 7) is 17.2. The van der Waals surface area contributed by atoms with E-state index in [4.69, 9.17) is 104 Å². The molecule has 7 aliphatic rings. The van der Waals surface area contributed by atoms with E-state index in [1.54, 1.807) is 41.5 Å². The van der Waals surface area contributed by atoms with Crippen LogP contribution in [0.4, 0.5) is 0 Å². The minimum absolute atomic E-state index is 0.00943. The fourth-order valence-corrected chi connectivity index (χ4v) is 18.9. The second-order valence-electron chi connectivity index (χ2n) is 39.0. The lowest BCUT2D eigenvalue weighted by atomic mass is 9.82. The van der Waals surface area contributed by atoms with Gasteiger partial charge in [0.1, 0.15) is 85.5 Å². The largest absolute Gasteiger partial charge is 0.456 e. The molecule has 6 fully saturated rings. The number of benzene rings is 7. The molecule has 14 rings (SSSR count). The normalized spacial score (nSPS) is 31.3. The minimum Gasteiger partial charge on any atom is -0.456 e. The number of aliphatic hydroxyl groups is 2. The third-order valence-electron chi connectivity index (χ3n) is 28.3. The molecule has 0 spiro atoms. The van der Waals surface area contributed by atoms with Crippen molar-refractivity contribution in [2.75, 3.05) is 26.4 Å². The number of carbonyl (C=O) groups excluding carboxylic acids is 5. The molecule has 31 atom stereocenters. The number of aliphatic hydroxyl groups excluding tert-OH is 2. The zero-order valence-corrected chi connectivity index (χ0v) is 84.9. The van der Waals surface area contributed by atoms with Gasteiger partial charge in [-0.2, -0.15) is 0 Å². The zero-order valence-electron chi connectivity index (χ0n) is 84.9. The topological polar surface area (TPSA) is 329 Å². The summed E-state index contributed by atoms with van der Waals surface area (Å²) in [5, 5.41) is 27.3. The zero-order chi connectivity index (χ0) is 101. The van der Waals surface area contributed by atoms with E-state index in [1.807, 2.05) is 233 Å². The second-order valence-corrected chi connectivity index (χ2v) is 39.0. The van der Waals surface area contributed by atoms with Gasteiger partial charge in [0.25, 0.3) is 0 Å². The quantitative estimate of drug-likeness (QED) is 0.0156. The molecule has 7 heterocycles. The van der Waals surface area contributed by atoms with Crippen LogP contribution in [-0.4, -0.2) is 220 Å². The summed E-state index contributed by atoms with van der Waals surface area (Å²) >= 11 is 0. The van der Waals surface area contributed by atoms with Crippen LogP contribution in [0.25, 0.3) is 0 Å². The van der Waals surface area contributed by atoms with Crippen molar-refractivity contribution in [3.8, 4) is 0 Å². The van der Waals surface area contributed by atoms with Crippen LogP contribution < -0.4 is 0 Å². The van der Waals surface area contributed by atoms with Crippen molar-refractivity contribution in [3.63, 3.8) is 0 Å². The van der Waals surface area contributed by atoms with Crippen LogP contribution in [-0.2, 0) is 168 Å². The maximum absolute atomic E-state index is 15.3. The minimum atomic E-state index is -2.14. The first kappa shape index (κ1) is 111. The molecule has 29 heteroatoms. The molecule has 0 radical (unpaired) electrons. The van der Waals surface area contributed by atoms with E-state index in [2.05, 4.69) is 19.1 Å². The molecule has 7 aromatic rings. The van der Waals surface area contributed by atoms with Crippen molar-refractivity contribution in [2.45, 2.75) is 365 Å². The van der Waals surface area contributed by atoms with Gasteiger partial charge in [0, 0.05) is 12.0 Å². The number of fused-ring (bicyclic) bond motifs is 8. The van der Waals surface area contributed by atoms with Crippen molar-refractivity contribution in [1.82, 2.24) is 0 Å². The average Bonchev–Trinajstić information content (AvgIpc) is 0.741. The van der Waals surface area contributed by atoms with E-state index in [9.17, 15) is 19.8 Å². The van der Waals surface area contributed by atoms with Gasteiger partial charge in [-0.3, -0.25) is 24.0 Å². The van der Waals surface area contributed by atoms with Crippen LogP contribution in [0.1, 0.15) is 211 Å². The Hall–Kier alpha value is -9.13. The summed E-state index contributed by atoms with van der Waals surface area (Å²) in [5.41, 5.74) is 5.63. The van der Waals surface area contributed by atoms with E-state index in [0.717, 1.165) is 52.6 Å². The van der Waals surface area contributed by atoms with Crippen molar-refractivity contribution in [1.29, 1.82) is 0 Å². The lowest BCUT2D eigenvalue weighted by Gasteiger charge is -2.54. The Kier molecular flexibility index (Phi) is 43.7. The van der Waals surface area contributed by atoms with E-state index in [-0.39, 0.29) is 84.6 Å². The van der Waals surface area contributed by atoms with Gasteiger partial charge in [0.2, 0.25) is 0 Å². The number of ether oxygens (including phenoxy) is 22. The molecule has 784 valence electrons. The smallest absolute Gasteiger partial charge is 0.309 e. The van der Waals surface area contributed by atoms with Gasteiger partial charge in [-0.05, 0) is 117 Å². The average molecular weight is 2000 g/mol. The molecule has 7 aliphatic heterocycles. The predicted molar refractivity (Wildman–Crippen MR) is 530 cm³/mol. The highest BCUT2D eigenvalue weighted by Gasteiger charge is 2.62. The number of esters is 5. The number of hydrogen-bond acceptors (Lipinski definition) is 29. The first-order valence-electron chi connectivity index (χ1n) is 52.2. The molecule has 0 aromatic heterocycles.